The zero-order chi connectivity index (χ0) is 20.2. The van der Waals surface area contributed by atoms with Crippen LogP contribution in [0.2, 0.25) is 0 Å². The van der Waals surface area contributed by atoms with E-state index in [-0.39, 0.29) is 23.7 Å². The van der Waals surface area contributed by atoms with Gasteiger partial charge in [-0.1, -0.05) is 24.3 Å². The van der Waals surface area contributed by atoms with Gasteiger partial charge in [-0.25, -0.2) is 4.39 Å². The molecule has 3 saturated heterocycles. The zero-order valence-corrected chi connectivity index (χ0v) is 16.6. The van der Waals surface area contributed by atoms with Crippen LogP contribution >= 0.6 is 0 Å². The highest BCUT2D eigenvalue weighted by Gasteiger charge is 2.67. The molecule has 6 nitrogen and oxygen atoms in total. The van der Waals surface area contributed by atoms with Gasteiger partial charge in [0.15, 0.2) is 0 Å². The topological polar surface area (TPSA) is 53.1 Å². The predicted molar refractivity (Wildman–Crippen MR) is 104 cm³/mol. The number of hydrogen-bond acceptors (Lipinski definition) is 4. The summed E-state index contributed by atoms with van der Waals surface area (Å²) < 4.78 is 19.4. The summed E-state index contributed by atoms with van der Waals surface area (Å²) in [6.07, 6.45) is 4.56. The maximum absolute atomic E-state index is 13.4. The Labute approximate surface area is 169 Å². The van der Waals surface area contributed by atoms with E-state index in [2.05, 4.69) is 11.9 Å². The third-order valence-corrected chi connectivity index (χ3v) is 6.78. The molecule has 0 radical (unpaired) electrons. The second-order valence-corrected chi connectivity index (χ2v) is 8.70. The second kappa shape index (κ2) is 6.92. The third-order valence-electron chi connectivity index (χ3n) is 6.78. The number of ether oxygens (including phenoxy) is 1. The standard InChI is InChI=1S/C22H26FN3O3/c1-24-9-2-10-25(12-11-24)20(27)18-17-7-8-22(29-17)14-26(21(28)19(18)22)13-15-3-5-16(23)6-4-15/h3-8,17-19H,2,9-14H2,1H3/t17-,18?,19?,22-/m0/s1. The fourth-order valence-corrected chi connectivity index (χ4v) is 5.28. The number of carbonyl (C=O) groups is 2. The van der Waals surface area contributed by atoms with E-state index in [1.807, 2.05) is 17.1 Å². The van der Waals surface area contributed by atoms with Crippen molar-refractivity contribution >= 4 is 11.8 Å². The van der Waals surface area contributed by atoms with E-state index in [0.717, 1.165) is 31.6 Å². The summed E-state index contributed by atoms with van der Waals surface area (Å²) in [5.74, 6) is -1.21. The minimum Gasteiger partial charge on any atom is -0.360 e. The number of likely N-dealkylation sites (N-methyl/N-ethyl adjacent to an activating group) is 1. The van der Waals surface area contributed by atoms with E-state index >= 15 is 0 Å². The maximum atomic E-state index is 13.4. The van der Waals surface area contributed by atoms with Crippen LogP contribution in [0.3, 0.4) is 0 Å². The van der Waals surface area contributed by atoms with Crippen molar-refractivity contribution in [1.82, 2.24) is 14.7 Å². The Morgan fingerprint density at radius 2 is 2.00 bits per heavy atom. The lowest BCUT2D eigenvalue weighted by Crippen LogP contribution is -2.47. The average Bonchev–Trinajstić information content (AvgIpc) is 3.27. The van der Waals surface area contributed by atoms with Crippen molar-refractivity contribution in [3.8, 4) is 0 Å². The zero-order valence-electron chi connectivity index (χ0n) is 16.6. The summed E-state index contributed by atoms with van der Waals surface area (Å²) in [4.78, 5) is 32.6. The molecule has 5 rings (SSSR count). The minimum absolute atomic E-state index is 0.0357. The molecule has 4 aliphatic heterocycles. The molecule has 2 bridgehead atoms. The number of hydrogen-bond donors (Lipinski definition) is 0. The second-order valence-electron chi connectivity index (χ2n) is 8.70. The largest absolute Gasteiger partial charge is 0.360 e. The van der Waals surface area contributed by atoms with Gasteiger partial charge < -0.3 is 19.4 Å². The lowest BCUT2D eigenvalue weighted by Gasteiger charge is -2.29. The van der Waals surface area contributed by atoms with E-state index in [0.29, 0.717) is 19.6 Å². The molecule has 4 atom stereocenters. The molecule has 4 heterocycles. The first-order chi connectivity index (χ1) is 14.0. The van der Waals surface area contributed by atoms with Gasteiger partial charge in [0.25, 0.3) is 0 Å². The molecule has 0 aromatic heterocycles. The SMILES string of the molecule is CN1CCCN(C(=O)C2C3C(=O)N(Cc4ccc(F)cc4)C[C@@]34C=C[C@@H]2O4)CC1. The molecule has 154 valence electrons. The molecule has 0 saturated carbocycles. The van der Waals surface area contributed by atoms with Crippen LogP contribution in [0.15, 0.2) is 36.4 Å². The first kappa shape index (κ1) is 18.8. The highest BCUT2D eigenvalue weighted by molar-refractivity contribution is 5.93. The number of nitrogens with zero attached hydrogens (tertiary/aromatic N) is 3. The van der Waals surface area contributed by atoms with Crippen molar-refractivity contribution in [2.24, 2.45) is 11.8 Å². The lowest BCUT2D eigenvalue weighted by molar-refractivity contribution is -0.143. The summed E-state index contributed by atoms with van der Waals surface area (Å²) in [7, 11) is 2.07. The van der Waals surface area contributed by atoms with Crippen LogP contribution in [-0.2, 0) is 20.9 Å². The Morgan fingerprint density at radius 1 is 1.21 bits per heavy atom. The van der Waals surface area contributed by atoms with E-state index in [1.165, 1.54) is 12.1 Å². The highest BCUT2D eigenvalue weighted by atomic mass is 19.1. The predicted octanol–water partition coefficient (Wildman–Crippen LogP) is 1.27. The number of benzene rings is 1. The molecule has 4 aliphatic rings. The van der Waals surface area contributed by atoms with Crippen molar-refractivity contribution in [2.75, 3.05) is 39.8 Å². The molecular weight excluding hydrogens is 373 g/mol. The fraction of sp³-hybridized carbons (Fsp3) is 0.545. The molecule has 3 fully saturated rings. The molecule has 2 unspecified atom stereocenters. The van der Waals surface area contributed by atoms with Gasteiger partial charge in [0, 0.05) is 26.2 Å². The van der Waals surface area contributed by atoms with Gasteiger partial charge in [0.05, 0.1) is 24.5 Å². The number of halogens is 1. The van der Waals surface area contributed by atoms with Gasteiger partial charge >= 0.3 is 0 Å². The number of rotatable bonds is 3. The van der Waals surface area contributed by atoms with Crippen molar-refractivity contribution in [3.63, 3.8) is 0 Å². The highest BCUT2D eigenvalue weighted by Crippen LogP contribution is 2.52. The van der Waals surface area contributed by atoms with Crippen molar-refractivity contribution in [3.05, 3.63) is 47.8 Å². The van der Waals surface area contributed by atoms with Crippen LogP contribution in [-0.4, -0.2) is 78.0 Å². The van der Waals surface area contributed by atoms with Gasteiger partial charge in [-0.2, -0.15) is 0 Å². The van der Waals surface area contributed by atoms with Crippen LogP contribution in [0.1, 0.15) is 12.0 Å². The number of fused-ring (bicyclic) bond motifs is 1. The smallest absolute Gasteiger partial charge is 0.230 e. The molecule has 0 N–H and O–H groups in total. The Hall–Kier alpha value is -2.25. The Bertz CT molecular complexity index is 857. The summed E-state index contributed by atoms with van der Waals surface area (Å²) in [5, 5.41) is 0. The molecule has 1 spiro atoms. The molecule has 0 aliphatic carbocycles. The lowest BCUT2D eigenvalue weighted by atomic mass is 9.76. The van der Waals surface area contributed by atoms with Crippen LogP contribution in [0, 0.1) is 17.7 Å². The van der Waals surface area contributed by atoms with Crippen molar-refractivity contribution < 1.29 is 18.7 Å². The Kier molecular flexibility index (Phi) is 4.47. The summed E-state index contributed by atoms with van der Waals surface area (Å²) in [6.45, 7) is 4.08. The van der Waals surface area contributed by atoms with Gasteiger partial charge in [0.1, 0.15) is 11.4 Å². The van der Waals surface area contributed by atoms with Crippen LogP contribution in [0.5, 0.6) is 0 Å². The van der Waals surface area contributed by atoms with Gasteiger partial charge in [-0.15, -0.1) is 0 Å². The molecular formula is C22H26FN3O3. The monoisotopic (exact) mass is 399 g/mol. The molecule has 29 heavy (non-hydrogen) atoms. The van der Waals surface area contributed by atoms with Crippen molar-refractivity contribution in [2.45, 2.75) is 24.7 Å². The molecule has 7 heteroatoms. The molecule has 1 aromatic rings. The maximum Gasteiger partial charge on any atom is 0.230 e. The van der Waals surface area contributed by atoms with Crippen molar-refractivity contribution in [1.29, 1.82) is 0 Å². The first-order valence-electron chi connectivity index (χ1n) is 10.3. The Morgan fingerprint density at radius 3 is 2.79 bits per heavy atom. The number of likely N-dealkylation sites (tertiary alicyclic amines) is 1. The summed E-state index contributed by atoms with van der Waals surface area (Å²) in [6, 6.07) is 6.19. The van der Waals surface area contributed by atoms with E-state index < -0.39 is 17.4 Å². The Balaban J connectivity index is 1.36. The third kappa shape index (κ3) is 3.07. The number of carbonyl (C=O) groups excluding carboxylic acids is 2. The van der Waals surface area contributed by atoms with Gasteiger partial charge in [0.2, 0.25) is 11.8 Å². The van der Waals surface area contributed by atoms with Gasteiger partial charge in [-0.3, -0.25) is 9.59 Å². The molecule has 1 aromatic carbocycles. The minimum atomic E-state index is -0.704. The summed E-state index contributed by atoms with van der Waals surface area (Å²) >= 11 is 0. The normalized spacial score (nSPS) is 34.0. The quantitative estimate of drug-likeness (QED) is 0.719. The summed E-state index contributed by atoms with van der Waals surface area (Å²) in [5.41, 5.74) is 0.165. The van der Waals surface area contributed by atoms with Crippen LogP contribution in [0.4, 0.5) is 4.39 Å². The van der Waals surface area contributed by atoms with Crippen LogP contribution < -0.4 is 0 Å². The number of amides is 2. The van der Waals surface area contributed by atoms with E-state index in [4.69, 9.17) is 4.74 Å². The molecule has 2 amide bonds. The van der Waals surface area contributed by atoms with Crippen LogP contribution in [0.25, 0.3) is 0 Å². The van der Waals surface area contributed by atoms with Gasteiger partial charge in [-0.05, 0) is 37.7 Å². The first-order valence-corrected chi connectivity index (χ1v) is 10.3. The van der Waals surface area contributed by atoms with E-state index in [1.54, 1.807) is 17.0 Å². The average molecular weight is 399 g/mol. The van der Waals surface area contributed by atoms with E-state index in [9.17, 15) is 14.0 Å². The fourth-order valence-electron chi connectivity index (χ4n) is 5.28.